The first-order valence-electron chi connectivity index (χ1n) is 11.4. The van der Waals surface area contributed by atoms with Gasteiger partial charge >= 0.3 is 0 Å². The van der Waals surface area contributed by atoms with E-state index in [4.69, 9.17) is 5.11 Å². The van der Waals surface area contributed by atoms with Gasteiger partial charge in [-0.1, -0.05) is 65.7 Å². The SMILES string of the molecule is Cc1ccc(S)cc1.Cc1ccc(SNCCN(CCNCCO)Cc2ccccc2)cc1. The van der Waals surface area contributed by atoms with Gasteiger partial charge in [-0.15, -0.1) is 12.6 Å². The molecule has 6 heteroatoms. The van der Waals surface area contributed by atoms with Gasteiger partial charge < -0.3 is 10.4 Å². The molecule has 3 N–H and O–H groups in total. The molecule has 3 aromatic rings. The van der Waals surface area contributed by atoms with Crippen LogP contribution in [0.2, 0.25) is 0 Å². The number of benzene rings is 3. The predicted molar refractivity (Wildman–Crippen MR) is 145 cm³/mol. The molecular weight excluding hydrogens is 446 g/mol. The Morgan fingerprint density at radius 2 is 1.39 bits per heavy atom. The van der Waals surface area contributed by atoms with Crippen LogP contribution < -0.4 is 10.0 Å². The highest BCUT2D eigenvalue weighted by atomic mass is 32.2. The Hall–Kier alpha value is -1.80. The van der Waals surface area contributed by atoms with Crippen molar-refractivity contribution < 1.29 is 5.11 Å². The second-order valence-electron chi connectivity index (χ2n) is 7.88. The molecular formula is C27H37N3OS2. The molecule has 0 spiro atoms. The molecule has 0 heterocycles. The minimum Gasteiger partial charge on any atom is -0.395 e. The summed E-state index contributed by atoms with van der Waals surface area (Å²) < 4.78 is 3.45. The molecule has 0 radical (unpaired) electrons. The first kappa shape index (κ1) is 27.4. The summed E-state index contributed by atoms with van der Waals surface area (Å²) in [4.78, 5) is 4.70. The third-order valence-electron chi connectivity index (χ3n) is 4.92. The maximum absolute atomic E-state index is 8.88. The van der Waals surface area contributed by atoms with Crippen molar-refractivity contribution in [2.24, 2.45) is 0 Å². The van der Waals surface area contributed by atoms with Crippen LogP contribution in [0.25, 0.3) is 0 Å². The van der Waals surface area contributed by atoms with Crippen LogP contribution in [0.5, 0.6) is 0 Å². The maximum atomic E-state index is 8.88. The van der Waals surface area contributed by atoms with Gasteiger partial charge in [0.25, 0.3) is 0 Å². The lowest BCUT2D eigenvalue weighted by molar-refractivity contribution is 0.257. The van der Waals surface area contributed by atoms with Gasteiger partial charge in [-0.25, -0.2) is 0 Å². The number of aliphatic hydroxyl groups is 1. The molecule has 0 amide bonds. The number of nitrogens with zero attached hydrogens (tertiary/aromatic N) is 1. The molecule has 0 aliphatic carbocycles. The predicted octanol–water partition coefficient (Wildman–Crippen LogP) is 4.96. The third kappa shape index (κ3) is 12.9. The summed E-state index contributed by atoms with van der Waals surface area (Å²) in [5.74, 6) is 0. The van der Waals surface area contributed by atoms with Crippen LogP contribution in [-0.4, -0.2) is 49.3 Å². The fourth-order valence-corrected chi connectivity index (χ4v) is 3.82. The van der Waals surface area contributed by atoms with Gasteiger partial charge in [0.05, 0.1) is 6.61 Å². The molecule has 4 nitrogen and oxygen atoms in total. The van der Waals surface area contributed by atoms with Crippen LogP contribution in [-0.2, 0) is 6.54 Å². The maximum Gasteiger partial charge on any atom is 0.0555 e. The van der Waals surface area contributed by atoms with Crippen molar-refractivity contribution in [3.05, 3.63) is 95.6 Å². The monoisotopic (exact) mass is 483 g/mol. The molecule has 0 atom stereocenters. The summed E-state index contributed by atoms with van der Waals surface area (Å²) in [5, 5.41) is 12.1. The van der Waals surface area contributed by atoms with Gasteiger partial charge in [-0.2, -0.15) is 0 Å². The van der Waals surface area contributed by atoms with Gasteiger partial charge in [-0.3, -0.25) is 9.62 Å². The second-order valence-corrected chi connectivity index (χ2v) is 9.36. The van der Waals surface area contributed by atoms with E-state index < -0.39 is 0 Å². The number of thiol groups is 1. The number of nitrogens with one attached hydrogen (secondary N) is 2. The van der Waals surface area contributed by atoms with Gasteiger partial charge in [0, 0.05) is 49.1 Å². The molecule has 3 rings (SSSR count). The number of rotatable bonds is 12. The Morgan fingerprint density at radius 1 is 0.788 bits per heavy atom. The molecule has 3 aromatic carbocycles. The highest BCUT2D eigenvalue weighted by Crippen LogP contribution is 2.14. The summed E-state index contributed by atoms with van der Waals surface area (Å²) in [7, 11) is 0. The van der Waals surface area contributed by atoms with Gasteiger partial charge in [0.2, 0.25) is 0 Å². The van der Waals surface area contributed by atoms with Crippen molar-refractivity contribution in [1.29, 1.82) is 0 Å². The minimum absolute atomic E-state index is 0.188. The lowest BCUT2D eigenvalue weighted by Gasteiger charge is -2.22. The van der Waals surface area contributed by atoms with E-state index in [1.54, 1.807) is 11.9 Å². The standard InChI is InChI=1S/C20H29N3OS.C7H8S/c1-18-7-9-20(10-8-18)25-22-12-15-23(14-11-21-13-16-24)17-19-5-3-2-4-6-19;1-6-2-4-7(8)5-3-6/h2-10,21-22,24H,11-17H2,1H3;2-5,8H,1H3. The molecule has 0 unspecified atom stereocenters. The average Bonchev–Trinajstić information content (AvgIpc) is 2.83. The van der Waals surface area contributed by atoms with Crippen LogP contribution >= 0.6 is 24.6 Å². The van der Waals surface area contributed by atoms with E-state index in [0.717, 1.165) is 37.6 Å². The normalized spacial score (nSPS) is 10.7. The zero-order valence-electron chi connectivity index (χ0n) is 19.7. The van der Waals surface area contributed by atoms with Crippen molar-refractivity contribution in [2.45, 2.75) is 30.2 Å². The molecule has 0 saturated heterocycles. The largest absolute Gasteiger partial charge is 0.395 e. The van der Waals surface area contributed by atoms with Gasteiger partial charge in [0.1, 0.15) is 0 Å². The summed E-state index contributed by atoms with van der Waals surface area (Å²) in [6, 6.07) is 27.2. The van der Waals surface area contributed by atoms with Crippen LogP contribution in [0.3, 0.4) is 0 Å². The molecule has 0 bridgehead atoms. The van der Waals surface area contributed by atoms with Crippen LogP contribution in [0, 0.1) is 13.8 Å². The highest BCUT2D eigenvalue weighted by Gasteiger charge is 2.06. The quantitative estimate of drug-likeness (QED) is 0.167. The van der Waals surface area contributed by atoms with Crippen molar-refractivity contribution in [2.75, 3.05) is 39.3 Å². The fourth-order valence-electron chi connectivity index (χ4n) is 3.04. The summed E-state index contributed by atoms with van der Waals surface area (Å²) in [6.45, 7) is 9.71. The molecule has 33 heavy (non-hydrogen) atoms. The smallest absolute Gasteiger partial charge is 0.0555 e. The molecule has 0 aliphatic heterocycles. The minimum atomic E-state index is 0.188. The highest BCUT2D eigenvalue weighted by molar-refractivity contribution is 7.97. The van der Waals surface area contributed by atoms with E-state index in [-0.39, 0.29) is 6.61 Å². The molecule has 178 valence electrons. The van der Waals surface area contributed by atoms with E-state index in [1.165, 1.54) is 21.6 Å². The average molecular weight is 484 g/mol. The lowest BCUT2D eigenvalue weighted by atomic mass is 10.2. The summed E-state index contributed by atoms with van der Waals surface area (Å²) in [6.07, 6.45) is 0. The Balaban J connectivity index is 0.000000405. The Bertz CT molecular complexity index is 853. The molecule has 0 aliphatic rings. The van der Waals surface area contributed by atoms with E-state index >= 15 is 0 Å². The van der Waals surface area contributed by atoms with Crippen molar-refractivity contribution >= 4 is 24.6 Å². The topological polar surface area (TPSA) is 47.5 Å². The molecule has 0 fully saturated rings. The summed E-state index contributed by atoms with van der Waals surface area (Å²) >= 11 is 5.82. The van der Waals surface area contributed by atoms with Crippen molar-refractivity contribution in [3.8, 4) is 0 Å². The van der Waals surface area contributed by atoms with E-state index in [0.29, 0.717) is 6.54 Å². The number of aliphatic hydroxyl groups excluding tert-OH is 1. The Morgan fingerprint density at radius 3 is 2.00 bits per heavy atom. The molecule has 0 aromatic heterocycles. The van der Waals surface area contributed by atoms with Crippen LogP contribution in [0.4, 0.5) is 0 Å². The van der Waals surface area contributed by atoms with Crippen LogP contribution in [0.15, 0.2) is 88.7 Å². The van der Waals surface area contributed by atoms with Crippen molar-refractivity contribution in [3.63, 3.8) is 0 Å². The Labute approximate surface area is 209 Å². The van der Waals surface area contributed by atoms with Gasteiger partial charge in [0.15, 0.2) is 0 Å². The fraction of sp³-hybridized carbons (Fsp3) is 0.333. The van der Waals surface area contributed by atoms with Gasteiger partial charge in [-0.05, 0) is 55.6 Å². The zero-order chi connectivity index (χ0) is 23.7. The third-order valence-corrected chi connectivity index (χ3v) is 6.07. The van der Waals surface area contributed by atoms with E-state index in [9.17, 15) is 0 Å². The Kier molecular flexibility index (Phi) is 13.9. The van der Waals surface area contributed by atoms with E-state index in [1.807, 2.05) is 24.3 Å². The van der Waals surface area contributed by atoms with Crippen molar-refractivity contribution in [1.82, 2.24) is 14.9 Å². The first-order chi connectivity index (χ1) is 16.1. The van der Waals surface area contributed by atoms with E-state index in [2.05, 4.69) is 96.0 Å². The molecule has 0 saturated carbocycles. The van der Waals surface area contributed by atoms with Crippen LogP contribution in [0.1, 0.15) is 16.7 Å². The lowest BCUT2D eigenvalue weighted by Crippen LogP contribution is -2.36. The number of hydrogen-bond donors (Lipinski definition) is 4. The summed E-state index contributed by atoms with van der Waals surface area (Å²) in [5.41, 5.74) is 3.90. The second kappa shape index (κ2) is 16.8. The zero-order valence-corrected chi connectivity index (χ0v) is 21.4. The number of hydrogen-bond acceptors (Lipinski definition) is 6. The number of aryl methyl sites for hydroxylation is 2. The first-order valence-corrected chi connectivity index (χ1v) is 12.6.